The molecule has 0 bridgehead atoms. The van der Waals surface area contributed by atoms with E-state index in [1.165, 1.54) is 12.1 Å². The monoisotopic (exact) mass is 477 g/mol. The van der Waals surface area contributed by atoms with Gasteiger partial charge in [0.15, 0.2) is 0 Å². The van der Waals surface area contributed by atoms with Gasteiger partial charge in [-0.2, -0.15) is 13.2 Å². The van der Waals surface area contributed by atoms with Gasteiger partial charge in [0.2, 0.25) is 5.91 Å². The van der Waals surface area contributed by atoms with Gasteiger partial charge in [-0.3, -0.25) is 4.79 Å². The molecule has 0 spiro atoms. The molecule has 26 heavy (non-hydrogen) atoms. The van der Waals surface area contributed by atoms with Crippen molar-refractivity contribution in [2.75, 3.05) is 0 Å². The zero-order valence-corrected chi connectivity index (χ0v) is 15.5. The molecule has 1 amide bonds. The third-order valence-electron chi connectivity index (χ3n) is 3.61. The molecule has 4 nitrogen and oxygen atoms in total. The normalized spacial score (nSPS) is 12.5. The summed E-state index contributed by atoms with van der Waals surface area (Å²) in [6.07, 6.45) is -4.75. The molecule has 2 rings (SSSR count). The number of amides is 1. The van der Waals surface area contributed by atoms with Crippen molar-refractivity contribution in [3.63, 3.8) is 0 Å². The predicted octanol–water partition coefficient (Wildman–Crippen LogP) is 3.66. The predicted molar refractivity (Wildman–Crippen MR) is 97.6 cm³/mol. The summed E-state index contributed by atoms with van der Waals surface area (Å²) in [5, 5.41) is 11.7. The number of hydrogen-bond donors (Lipinski definition) is 2. The number of carbonyl (C=O) groups is 2. The first-order valence-corrected chi connectivity index (χ1v) is 8.66. The summed E-state index contributed by atoms with van der Waals surface area (Å²) in [7, 11) is 0. The molecule has 0 aliphatic rings. The van der Waals surface area contributed by atoms with E-state index in [9.17, 15) is 27.9 Å². The van der Waals surface area contributed by atoms with Gasteiger partial charge in [0.1, 0.15) is 6.04 Å². The third kappa shape index (κ3) is 6.01. The number of halogens is 4. The van der Waals surface area contributed by atoms with E-state index in [0.29, 0.717) is 0 Å². The van der Waals surface area contributed by atoms with E-state index in [-0.39, 0.29) is 18.4 Å². The summed E-state index contributed by atoms with van der Waals surface area (Å²) in [5.74, 6) is -1.86. The van der Waals surface area contributed by atoms with Gasteiger partial charge in [0.05, 0.1) is 12.0 Å². The maximum absolute atomic E-state index is 12.7. The first-order valence-electron chi connectivity index (χ1n) is 7.58. The van der Waals surface area contributed by atoms with Crippen LogP contribution in [0.5, 0.6) is 0 Å². The lowest BCUT2D eigenvalue weighted by atomic mass is 10.0. The third-order valence-corrected chi connectivity index (χ3v) is 4.32. The number of carbonyl (C=O) groups excluding carboxylic acids is 1. The summed E-state index contributed by atoms with van der Waals surface area (Å²) >= 11 is 2.12. The number of hydrogen-bond acceptors (Lipinski definition) is 2. The SMILES string of the molecule is O=C(Cc1cccc(C(F)(F)F)c1)N[C@H](Cc1ccc(I)cc1)C(=O)O. The van der Waals surface area contributed by atoms with Crippen molar-refractivity contribution < 1.29 is 27.9 Å². The second-order valence-electron chi connectivity index (χ2n) is 5.66. The lowest BCUT2D eigenvalue weighted by Gasteiger charge is -2.15. The lowest BCUT2D eigenvalue weighted by molar-refractivity contribution is -0.141. The van der Waals surface area contributed by atoms with Gasteiger partial charge in [-0.25, -0.2) is 4.79 Å². The molecular formula is C18H15F3INO3. The van der Waals surface area contributed by atoms with Crippen LogP contribution in [0.15, 0.2) is 48.5 Å². The van der Waals surface area contributed by atoms with E-state index in [0.717, 1.165) is 21.3 Å². The number of nitrogens with one attached hydrogen (secondary N) is 1. The summed E-state index contributed by atoms with van der Waals surface area (Å²) in [5.41, 5.74) is 0.0457. The Morgan fingerprint density at radius 2 is 1.73 bits per heavy atom. The van der Waals surface area contributed by atoms with E-state index in [1.54, 1.807) is 12.1 Å². The van der Waals surface area contributed by atoms with Gasteiger partial charge < -0.3 is 10.4 Å². The van der Waals surface area contributed by atoms with E-state index >= 15 is 0 Å². The first kappa shape index (κ1) is 20.2. The Morgan fingerprint density at radius 1 is 1.08 bits per heavy atom. The zero-order valence-electron chi connectivity index (χ0n) is 13.4. The summed E-state index contributed by atoms with van der Waals surface area (Å²) < 4.78 is 39.1. The first-order chi connectivity index (χ1) is 12.1. The molecule has 2 N–H and O–H groups in total. The minimum absolute atomic E-state index is 0.0839. The highest BCUT2D eigenvalue weighted by molar-refractivity contribution is 14.1. The van der Waals surface area contributed by atoms with Crippen molar-refractivity contribution in [1.82, 2.24) is 5.32 Å². The molecule has 0 unspecified atom stereocenters. The van der Waals surface area contributed by atoms with Crippen molar-refractivity contribution in [2.45, 2.75) is 25.1 Å². The molecule has 1 atom stereocenters. The maximum atomic E-state index is 12.7. The quantitative estimate of drug-likeness (QED) is 0.625. The maximum Gasteiger partial charge on any atom is 0.416 e. The molecule has 0 heterocycles. The lowest BCUT2D eigenvalue weighted by Crippen LogP contribution is -2.43. The van der Waals surface area contributed by atoms with Gasteiger partial charge in [-0.15, -0.1) is 0 Å². The minimum atomic E-state index is -4.50. The molecule has 0 saturated carbocycles. The fourth-order valence-corrected chi connectivity index (χ4v) is 2.70. The van der Waals surface area contributed by atoms with Crippen LogP contribution >= 0.6 is 22.6 Å². The molecule has 0 radical (unpaired) electrons. The molecule has 2 aromatic rings. The van der Waals surface area contributed by atoms with Crippen molar-refractivity contribution >= 4 is 34.5 Å². The average Bonchev–Trinajstić information content (AvgIpc) is 2.55. The zero-order chi connectivity index (χ0) is 19.3. The van der Waals surface area contributed by atoms with Crippen molar-refractivity contribution in [3.05, 3.63) is 68.8 Å². The molecule has 0 aliphatic heterocycles. The van der Waals surface area contributed by atoms with Crippen LogP contribution in [-0.4, -0.2) is 23.0 Å². The van der Waals surface area contributed by atoms with E-state index < -0.39 is 29.7 Å². The standard InChI is InChI=1S/C18H15F3INO3/c19-18(20,21)13-3-1-2-12(8-13)10-16(24)23-15(17(25)26)9-11-4-6-14(22)7-5-11/h1-8,15H,9-10H2,(H,23,24)(H,25,26)/t15-/m1/s1. The average molecular weight is 477 g/mol. The minimum Gasteiger partial charge on any atom is -0.480 e. The van der Waals surface area contributed by atoms with Gasteiger partial charge >= 0.3 is 12.1 Å². The molecule has 0 aromatic heterocycles. The molecule has 0 saturated heterocycles. The van der Waals surface area contributed by atoms with Crippen LogP contribution in [0.1, 0.15) is 16.7 Å². The number of carboxylic acids is 1. The highest BCUT2D eigenvalue weighted by atomic mass is 127. The van der Waals surface area contributed by atoms with Crippen molar-refractivity contribution in [2.24, 2.45) is 0 Å². The van der Waals surface area contributed by atoms with E-state index in [2.05, 4.69) is 27.9 Å². The van der Waals surface area contributed by atoms with Gasteiger partial charge in [-0.1, -0.05) is 30.3 Å². The molecule has 0 fully saturated rings. The van der Waals surface area contributed by atoms with Gasteiger partial charge in [0, 0.05) is 9.99 Å². The highest BCUT2D eigenvalue weighted by Crippen LogP contribution is 2.29. The summed E-state index contributed by atoms with van der Waals surface area (Å²) in [6, 6.07) is 10.4. The number of carboxylic acid groups (broad SMARTS) is 1. The molecular weight excluding hydrogens is 462 g/mol. The fraction of sp³-hybridized carbons (Fsp3) is 0.222. The van der Waals surface area contributed by atoms with Crippen molar-refractivity contribution in [1.29, 1.82) is 0 Å². The van der Waals surface area contributed by atoms with Crippen molar-refractivity contribution in [3.8, 4) is 0 Å². The Labute approximate surface area is 161 Å². The number of rotatable bonds is 6. The van der Waals surface area contributed by atoms with Crippen LogP contribution in [0.4, 0.5) is 13.2 Å². The topological polar surface area (TPSA) is 66.4 Å². The Morgan fingerprint density at radius 3 is 2.31 bits per heavy atom. The van der Waals surface area contributed by atoms with Crippen LogP contribution < -0.4 is 5.32 Å². The second kappa shape index (κ2) is 8.52. The summed E-state index contributed by atoms with van der Waals surface area (Å²) in [6.45, 7) is 0. The Hall–Kier alpha value is -2.10. The van der Waals surface area contributed by atoms with E-state index in [1.807, 2.05) is 12.1 Å². The molecule has 0 aliphatic carbocycles. The fourth-order valence-electron chi connectivity index (χ4n) is 2.34. The molecule has 8 heteroatoms. The number of alkyl halides is 3. The Kier molecular flexibility index (Phi) is 6.63. The van der Waals surface area contributed by atoms with Crippen LogP contribution in [0.3, 0.4) is 0 Å². The molecule has 138 valence electrons. The summed E-state index contributed by atoms with van der Waals surface area (Å²) in [4.78, 5) is 23.5. The Balaban J connectivity index is 2.04. The Bertz CT molecular complexity index is 791. The van der Waals surface area contributed by atoms with E-state index in [4.69, 9.17) is 0 Å². The number of aliphatic carboxylic acids is 1. The van der Waals surface area contributed by atoms with Crippen LogP contribution in [0.2, 0.25) is 0 Å². The van der Waals surface area contributed by atoms with Gasteiger partial charge in [-0.05, 0) is 51.9 Å². The van der Waals surface area contributed by atoms with Gasteiger partial charge in [0.25, 0.3) is 0 Å². The smallest absolute Gasteiger partial charge is 0.416 e. The molecule has 2 aromatic carbocycles. The highest BCUT2D eigenvalue weighted by Gasteiger charge is 2.30. The van der Waals surface area contributed by atoms with Crippen LogP contribution in [0.25, 0.3) is 0 Å². The number of benzene rings is 2. The van der Waals surface area contributed by atoms with Crippen LogP contribution in [-0.2, 0) is 28.6 Å². The largest absolute Gasteiger partial charge is 0.480 e. The second-order valence-corrected chi connectivity index (χ2v) is 6.91. The van der Waals surface area contributed by atoms with Crippen LogP contribution in [0, 0.1) is 3.57 Å².